The number of hydrogen-bond acceptors (Lipinski definition) is 5. The number of aliphatic hydroxyl groups excluding tert-OH is 3. The molecule has 78 valence electrons. The van der Waals surface area contributed by atoms with E-state index >= 15 is 0 Å². The van der Waals surface area contributed by atoms with Crippen LogP contribution in [0.3, 0.4) is 0 Å². The normalized spacial score (nSPS) is 18.4. The molecule has 0 aromatic rings. The molecule has 0 saturated carbocycles. The van der Waals surface area contributed by atoms with Gasteiger partial charge in [-0.05, 0) is 21.0 Å². The Balaban J connectivity index is 4.51. The molecule has 0 amide bonds. The number of nitrogens with zero attached hydrogens (tertiary/aromatic N) is 1. The molecule has 3 N–H and O–H groups in total. The maximum atomic E-state index is 11.1. The van der Waals surface area contributed by atoms with Gasteiger partial charge in [-0.15, -0.1) is 0 Å². The number of likely N-dealkylation sites (N-methyl/N-ethyl adjacent to an activating group) is 1. The van der Waals surface area contributed by atoms with E-state index in [1.807, 2.05) is 0 Å². The average Bonchev–Trinajstić information content (AvgIpc) is 2.03. The fourth-order valence-corrected chi connectivity index (χ4v) is 1.14. The summed E-state index contributed by atoms with van der Waals surface area (Å²) in [6.07, 6.45) is -2.17. The third-order valence-corrected chi connectivity index (χ3v) is 1.86. The fourth-order valence-electron chi connectivity index (χ4n) is 1.14. The van der Waals surface area contributed by atoms with Crippen LogP contribution in [0.4, 0.5) is 0 Å². The van der Waals surface area contributed by atoms with Gasteiger partial charge >= 0.3 is 0 Å². The van der Waals surface area contributed by atoms with E-state index in [9.17, 15) is 9.90 Å². The highest BCUT2D eigenvalue weighted by molar-refractivity contribution is 5.85. The predicted molar refractivity (Wildman–Crippen MR) is 47.3 cm³/mol. The van der Waals surface area contributed by atoms with Crippen LogP contribution in [0.5, 0.6) is 0 Å². The van der Waals surface area contributed by atoms with Gasteiger partial charge in [0.2, 0.25) is 0 Å². The zero-order valence-corrected chi connectivity index (χ0v) is 8.14. The van der Waals surface area contributed by atoms with Crippen molar-refractivity contribution in [1.29, 1.82) is 0 Å². The Labute approximate surface area is 77.6 Å². The van der Waals surface area contributed by atoms with Crippen molar-refractivity contribution in [3.63, 3.8) is 0 Å². The Morgan fingerprint density at radius 2 is 1.85 bits per heavy atom. The maximum absolute atomic E-state index is 11.1. The summed E-state index contributed by atoms with van der Waals surface area (Å²) in [5, 5.41) is 27.1. The molecule has 0 heterocycles. The molecule has 0 radical (unpaired) electrons. The second kappa shape index (κ2) is 5.29. The summed E-state index contributed by atoms with van der Waals surface area (Å²) in [5.74, 6) is -0.501. The molecule has 5 nitrogen and oxygen atoms in total. The molecule has 0 aromatic heterocycles. The standard InChI is InChI=1S/C8H17NO4/c1-5(11)8(13)7(9(2)3)6(12)4-10/h5,7-8,10-11,13H,4H2,1-3H3/t5-,7-,8-/m1/s1. The van der Waals surface area contributed by atoms with Crippen molar-refractivity contribution in [3.8, 4) is 0 Å². The molecule has 13 heavy (non-hydrogen) atoms. The smallest absolute Gasteiger partial charge is 0.177 e. The molecule has 0 aliphatic carbocycles. The zero-order valence-electron chi connectivity index (χ0n) is 8.14. The van der Waals surface area contributed by atoms with E-state index in [2.05, 4.69) is 0 Å². The van der Waals surface area contributed by atoms with Crippen LogP contribution in [0.25, 0.3) is 0 Å². The number of aliphatic hydroxyl groups is 3. The lowest BCUT2D eigenvalue weighted by atomic mass is 10.0. The molecule has 0 bridgehead atoms. The van der Waals surface area contributed by atoms with Crippen molar-refractivity contribution in [2.24, 2.45) is 0 Å². The minimum Gasteiger partial charge on any atom is -0.391 e. The molecular weight excluding hydrogens is 174 g/mol. The van der Waals surface area contributed by atoms with Gasteiger partial charge in [0, 0.05) is 0 Å². The van der Waals surface area contributed by atoms with Crippen LogP contribution < -0.4 is 0 Å². The summed E-state index contributed by atoms with van der Waals surface area (Å²) in [6, 6.07) is -0.856. The van der Waals surface area contributed by atoms with E-state index in [4.69, 9.17) is 10.2 Å². The van der Waals surface area contributed by atoms with Gasteiger partial charge in [0.25, 0.3) is 0 Å². The Morgan fingerprint density at radius 1 is 1.38 bits per heavy atom. The first-order valence-corrected chi connectivity index (χ1v) is 4.08. The minimum absolute atomic E-state index is 0.501. The minimum atomic E-state index is -1.17. The lowest BCUT2D eigenvalue weighted by Crippen LogP contribution is -2.50. The molecule has 3 atom stereocenters. The largest absolute Gasteiger partial charge is 0.391 e. The third kappa shape index (κ3) is 3.40. The van der Waals surface area contributed by atoms with Crippen molar-refractivity contribution in [2.75, 3.05) is 20.7 Å². The van der Waals surface area contributed by atoms with Gasteiger partial charge in [-0.1, -0.05) is 0 Å². The monoisotopic (exact) mass is 191 g/mol. The number of ketones is 1. The summed E-state index contributed by atoms with van der Waals surface area (Å²) in [6.45, 7) is 0.762. The first-order chi connectivity index (χ1) is 5.91. The lowest BCUT2D eigenvalue weighted by molar-refractivity contribution is -0.133. The molecular formula is C8H17NO4. The molecule has 0 aliphatic heterocycles. The van der Waals surface area contributed by atoms with E-state index in [1.165, 1.54) is 11.8 Å². The second-order valence-electron chi connectivity index (χ2n) is 3.26. The summed E-state index contributed by atoms with van der Waals surface area (Å²) < 4.78 is 0. The van der Waals surface area contributed by atoms with Crippen molar-refractivity contribution in [1.82, 2.24) is 4.90 Å². The number of Topliss-reactive ketones (excluding diaryl/α,β-unsaturated/α-hetero) is 1. The van der Waals surface area contributed by atoms with Gasteiger partial charge < -0.3 is 15.3 Å². The number of rotatable bonds is 5. The molecule has 0 aliphatic rings. The molecule has 0 unspecified atom stereocenters. The van der Waals surface area contributed by atoms with E-state index in [1.54, 1.807) is 14.1 Å². The summed E-state index contributed by atoms with van der Waals surface area (Å²) in [4.78, 5) is 12.6. The molecule has 0 saturated heterocycles. The first-order valence-electron chi connectivity index (χ1n) is 4.08. The van der Waals surface area contributed by atoms with Crippen molar-refractivity contribution in [3.05, 3.63) is 0 Å². The Kier molecular flexibility index (Phi) is 5.09. The summed E-state index contributed by atoms with van der Waals surface area (Å²) in [5.41, 5.74) is 0. The molecule has 5 heteroatoms. The zero-order chi connectivity index (χ0) is 10.6. The lowest BCUT2D eigenvalue weighted by Gasteiger charge is -2.28. The van der Waals surface area contributed by atoms with Gasteiger partial charge in [0.15, 0.2) is 5.78 Å². The van der Waals surface area contributed by atoms with Crippen LogP contribution in [-0.4, -0.2) is 65.0 Å². The van der Waals surface area contributed by atoms with Gasteiger partial charge in [-0.25, -0.2) is 0 Å². The van der Waals surface area contributed by atoms with Gasteiger partial charge in [0.05, 0.1) is 12.1 Å². The SMILES string of the molecule is C[C@@H](O)[C@@H](O)[C@@H](C(=O)CO)N(C)C. The predicted octanol–water partition coefficient (Wildman–Crippen LogP) is -1.78. The van der Waals surface area contributed by atoms with Crippen LogP contribution in [0.2, 0.25) is 0 Å². The molecule has 0 rings (SSSR count). The van der Waals surface area contributed by atoms with E-state index in [-0.39, 0.29) is 0 Å². The van der Waals surface area contributed by atoms with Crippen molar-refractivity contribution >= 4 is 5.78 Å². The Morgan fingerprint density at radius 3 is 2.08 bits per heavy atom. The molecule has 0 fully saturated rings. The molecule has 0 spiro atoms. The van der Waals surface area contributed by atoms with Crippen LogP contribution in [0.1, 0.15) is 6.92 Å². The second-order valence-corrected chi connectivity index (χ2v) is 3.26. The number of hydrogen-bond donors (Lipinski definition) is 3. The number of carbonyl (C=O) groups excluding carboxylic acids is 1. The van der Waals surface area contributed by atoms with Crippen molar-refractivity contribution < 1.29 is 20.1 Å². The van der Waals surface area contributed by atoms with Gasteiger partial charge in [-0.2, -0.15) is 0 Å². The molecule has 0 aromatic carbocycles. The fraction of sp³-hybridized carbons (Fsp3) is 0.875. The highest BCUT2D eigenvalue weighted by atomic mass is 16.3. The summed E-state index contributed by atoms with van der Waals surface area (Å²) >= 11 is 0. The Bertz CT molecular complexity index is 170. The van der Waals surface area contributed by atoms with Crippen LogP contribution >= 0.6 is 0 Å². The maximum Gasteiger partial charge on any atom is 0.177 e. The van der Waals surface area contributed by atoms with Gasteiger partial charge in [0.1, 0.15) is 12.7 Å². The summed E-state index contributed by atoms with van der Waals surface area (Å²) in [7, 11) is 3.20. The number of carbonyl (C=O) groups is 1. The quantitative estimate of drug-likeness (QED) is 0.478. The first kappa shape index (κ1) is 12.5. The average molecular weight is 191 g/mol. The Hall–Kier alpha value is -0.490. The van der Waals surface area contributed by atoms with Gasteiger partial charge in [-0.3, -0.25) is 9.69 Å². The van der Waals surface area contributed by atoms with Crippen LogP contribution in [0.15, 0.2) is 0 Å². The highest BCUT2D eigenvalue weighted by Gasteiger charge is 2.30. The highest BCUT2D eigenvalue weighted by Crippen LogP contribution is 2.06. The van der Waals surface area contributed by atoms with E-state index < -0.39 is 30.6 Å². The van der Waals surface area contributed by atoms with Crippen LogP contribution in [0, 0.1) is 0 Å². The van der Waals surface area contributed by atoms with E-state index in [0.717, 1.165) is 0 Å². The third-order valence-electron chi connectivity index (χ3n) is 1.86. The topological polar surface area (TPSA) is 81.0 Å². The van der Waals surface area contributed by atoms with E-state index in [0.29, 0.717) is 0 Å². The van der Waals surface area contributed by atoms with Crippen LogP contribution in [-0.2, 0) is 4.79 Å². The van der Waals surface area contributed by atoms with Crippen molar-refractivity contribution in [2.45, 2.75) is 25.2 Å².